The molecule has 8 heteroatoms. The van der Waals surface area contributed by atoms with Crippen LogP contribution in [0.4, 0.5) is 5.69 Å². The quantitative estimate of drug-likeness (QED) is 0.794. The summed E-state index contributed by atoms with van der Waals surface area (Å²) < 4.78 is 28.0. The van der Waals surface area contributed by atoms with Crippen LogP contribution in [0, 0.1) is 0 Å². The van der Waals surface area contributed by atoms with Gasteiger partial charge in [0.1, 0.15) is 5.75 Å². The third kappa shape index (κ3) is 4.15. The van der Waals surface area contributed by atoms with E-state index in [9.17, 15) is 13.2 Å². The van der Waals surface area contributed by atoms with E-state index in [1.807, 2.05) is 0 Å². The third-order valence-corrected chi connectivity index (χ3v) is 4.48. The Morgan fingerprint density at radius 3 is 2.52 bits per heavy atom. The van der Waals surface area contributed by atoms with Crippen LogP contribution in [-0.2, 0) is 14.6 Å². The van der Waals surface area contributed by atoms with Crippen molar-refractivity contribution in [1.29, 1.82) is 0 Å². The summed E-state index contributed by atoms with van der Waals surface area (Å²) in [6, 6.07) is 9.84. The number of carbonyl (C=O) groups excluding carboxylic acids is 1. The summed E-state index contributed by atoms with van der Waals surface area (Å²) in [6.45, 7) is 0. The lowest BCUT2D eigenvalue weighted by Crippen LogP contribution is -2.10. The summed E-state index contributed by atoms with van der Waals surface area (Å²) in [4.78, 5) is 12.3. The maximum atomic E-state index is 12.3. The highest BCUT2D eigenvalue weighted by Gasteiger charge is 2.24. The van der Waals surface area contributed by atoms with E-state index in [2.05, 4.69) is 5.32 Å². The van der Waals surface area contributed by atoms with E-state index in [0.717, 1.165) is 6.26 Å². The van der Waals surface area contributed by atoms with Gasteiger partial charge < -0.3 is 10.1 Å². The molecule has 1 aliphatic rings. The van der Waals surface area contributed by atoms with Crippen molar-refractivity contribution < 1.29 is 17.9 Å². The van der Waals surface area contributed by atoms with Crippen LogP contribution in [0.2, 0.25) is 10.0 Å². The summed E-state index contributed by atoms with van der Waals surface area (Å²) in [5, 5.41) is 3.69. The number of amides is 1. The maximum absolute atomic E-state index is 12.3. The molecule has 0 unspecified atom stereocenters. The van der Waals surface area contributed by atoms with Crippen LogP contribution >= 0.6 is 23.2 Å². The lowest BCUT2D eigenvalue weighted by Gasteiger charge is -2.09. The molecule has 1 heterocycles. The van der Waals surface area contributed by atoms with Gasteiger partial charge in [0.05, 0.1) is 5.69 Å². The van der Waals surface area contributed by atoms with E-state index in [4.69, 9.17) is 27.9 Å². The Morgan fingerprint density at radius 1 is 1.12 bits per heavy atom. The van der Waals surface area contributed by atoms with Crippen molar-refractivity contribution >= 4 is 56.3 Å². The lowest BCUT2D eigenvalue weighted by atomic mass is 10.0. The zero-order valence-corrected chi connectivity index (χ0v) is 15.4. The normalized spacial score (nSPS) is 15.2. The van der Waals surface area contributed by atoms with Crippen LogP contribution in [0.15, 0.2) is 36.4 Å². The number of carbonyl (C=O) groups is 1. The number of fused-ring (bicyclic) bond motifs is 1. The molecule has 3 rings (SSSR count). The minimum Gasteiger partial charge on any atom is -0.477 e. The molecule has 0 bridgehead atoms. The van der Waals surface area contributed by atoms with E-state index < -0.39 is 15.8 Å². The maximum Gasteiger partial charge on any atom is 0.256 e. The first kappa shape index (κ1) is 17.8. The molecule has 1 N–H and O–H groups in total. The van der Waals surface area contributed by atoms with Gasteiger partial charge in [-0.15, -0.1) is 0 Å². The largest absolute Gasteiger partial charge is 0.477 e. The topological polar surface area (TPSA) is 72.5 Å². The lowest BCUT2D eigenvalue weighted by molar-refractivity contribution is -0.110. The van der Waals surface area contributed by atoms with E-state index in [-0.39, 0.29) is 5.91 Å². The molecule has 0 spiro atoms. The van der Waals surface area contributed by atoms with Gasteiger partial charge in [0, 0.05) is 33.0 Å². The molecule has 5 nitrogen and oxygen atoms in total. The molecule has 25 heavy (non-hydrogen) atoms. The van der Waals surface area contributed by atoms with Crippen molar-refractivity contribution in [2.45, 2.75) is 0 Å². The number of ether oxygens (including phenoxy) is 1. The number of benzene rings is 2. The monoisotopic (exact) mass is 397 g/mol. The molecule has 130 valence electrons. The Kier molecular flexibility index (Phi) is 4.77. The molecule has 0 saturated heterocycles. The molecule has 2 aromatic carbocycles. The fraction of sp³-hybridized carbons (Fsp3) is 0.118. The molecule has 0 radical (unpaired) electrons. The molecular formula is C17H13Cl2NO4S. The van der Waals surface area contributed by atoms with Crippen LogP contribution in [-0.4, -0.2) is 26.5 Å². The van der Waals surface area contributed by atoms with Gasteiger partial charge in [-0.3, -0.25) is 4.79 Å². The SMILES string of the molecule is CS(=O)(=O)COc1ccc(Cl)cc1C=C1C(=O)Nc2cc(Cl)ccc21. The van der Waals surface area contributed by atoms with Crippen LogP contribution in [0.25, 0.3) is 11.6 Å². The summed E-state index contributed by atoms with van der Waals surface area (Å²) in [5.74, 6) is -0.438. The van der Waals surface area contributed by atoms with Crippen molar-refractivity contribution in [2.75, 3.05) is 17.5 Å². The smallest absolute Gasteiger partial charge is 0.256 e. The fourth-order valence-corrected chi connectivity index (χ4v) is 3.09. The Morgan fingerprint density at radius 2 is 1.80 bits per heavy atom. The van der Waals surface area contributed by atoms with Crippen LogP contribution in [0.3, 0.4) is 0 Å². The second-order valence-corrected chi connectivity index (χ2v) is 8.53. The molecule has 1 amide bonds. The summed E-state index contributed by atoms with van der Waals surface area (Å²) >= 11 is 12.0. The first-order chi connectivity index (χ1) is 11.7. The van der Waals surface area contributed by atoms with Gasteiger partial charge in [-0.2, -0.15) is 0 Å². The average Bonchev–Trinajstić information content (AvgIpc) is 2.80. The molecule has 0 aliphatic carbocycles. The Labute approximate surface area is 155 Å². The van der Waals surface area contributed by atoms with Gasteiger partial charge in [-0.1, -0.05) is 29.3 Å². The highest BCUT2D eigenvalue weighted by Crippen LogP contribution is 2.36. The van der Waals surface area contributed by atoms with Crippen molar-refractivity contribution in [2.24, 2.45) is 0 Å². The predicted molar refractivity (Wildman–Crippen MR) is 99.7 cm³/mol. The molecule has 2 aromatic rings. The van der Waals surface area contributed by atoms with Gasteiger partial charge in [0.2, 0.25) is 0 Å². The Bertz CT molecular complexity index is 1000. The van der Waals surface area contributed by atoms with E-state index in [1.54, 1.807) is 42.5 Å². The van der Waals surface area contributed by atoms with Crippen LogP contribution in [0.1, 0.15) is 11.1 Å². The van der Waals surface area contributed by atoms with Gasteiger partial charge in [0.25, 0.3) is 5.91 Å². The van der Waals surface area contributed by atoms with Crippen LogP contribution < -0.4 is 10.1 Å². The second kappa shape index (κ2) is 6.71. The summed E-state index contributed by atoms with van der Waals surface area (Å²) in [5.41, 5.74) is 2.23. The Hall–Kier alpha value is -2.02. The molecular weight excluding hydrogens is 385 g/mol. The summed E-state index contributed by atoms with van der Waals surface area (Å²) in [7, 11) is -3.31. The standard InChI is InChI=1S/C17H13Cl2NO4S/c1-25(22,23)9-24-16-5-3-11(18)6-10(16)7-14-13-4-2-12(19)8-15(13)20-17(14)21/h2-8H,9H2,1H3,(H,20,21). The van der Waals surface area contributed by atoms with Gasteiger partial charge in [-0.05, 0) is 36.4 Å². The number of rotatable bonds is 4. The van der Waals surface area contributed by atoms with Crippen molar-refractivity contribution in [3.05, 3.63) is 57.6 Å². The fourth-order valence-electron chi connectivity index (χ4n) is 2.40. The predicted octanol–water partition coefficient (Wildman–Crippen LogP) is 3.87. The number of nitrogens with one attached hydrogen (secondary N) is 1. The second-order valence-electron chi connectivity index (χ2n) is 5.57. The minimum absolute atomic E-state index is 0.286. The summed E-state index contributed by atoms with van der Waals surface area (Å²) in [6.07, 6.45) is 2.68. The molecule has 0 saturated carbocycles. The number of halogens is 2. The number of hydrogen-bond acceptors (Lipinski definition) is 4. The van der Waals surface area contributed by atoms with E-state index in [1.165, 1.54) is 0 Å². The molecule has 0 atom stereocenters. The van der Waals surface area contributed by atoms with Crippen molar-refractivity contribution in [3.8, 4) is 5.75 Å². The first-order valence-corrected chi connectivity index (χ1v) is 9.98. The molecule has 1 aliphatic heterocycles. The zero-order chi connectivity index (χ0) is 18.2. The highest BCUT2D eigenvalue weighted by molar-refractivity contribution is 7.90. The van der Waals surface area contributed by atoms with E-state index >= 15 is 0 Å². The van der Waals surface area contributed by atoms with Gasteiger partial charge in [0.15, 0.2) is 15.8 Å². The van der Waals surface area contributed by atoms with E-state index in [0.29, 0.717) is 38.2 Å². The number of hydrogen-bond donors (Lipinski definition) is 1. The van der Waals surface area contributed by atoms with Crippen molar-refractivity contribution in [1.82, 2.24) is 0 Å². The zero-order valence-electron chi connectivity index (χ0n) is 13.0. The third-order valence-electron chi connectivity index (χ3n) is 3.46. The minimum atomic E-state index is -3.31. The highest BCUT2D eigenvalue weighted by atomic mass is 35.5. The number of sulfone groups is 1. The molecule has 0 fully saturated rings. The van der Waals surface area contributed by atoms with Gasteiger partial charge >= 0.3 is 0 Å². The van der Waals surface area contributed by atoms with Crippen molar-refractivity contribution in [3.63, 3.8) is 0 Å². The first-order valence-electron chi connectivity index (χ1n) is 7.16. The number of anilines is 1. The van der Waals surface area contributed by atoms with Crippen LogP contribution in [0.5, 0.6) is 5.75 Å². The molecule has 0 aromatic heterocycles. The Balaban J connectivity index is 2.04. The van der Waals surface area contributed by atoms with Gasteiger partial charge in [-0.25, -0.2) is 8.42 Å². The average molecular weight is 398 g/mol.